The van der Waals surface area contributed by atoms with Crippen LogP contribution in [0.2, 0.25) is 0 Å². The minimum Gasteiger partial charge on any atom is -0.462 e. The summed E-state index contributed by atoms with van der Waals surface area (Å²) in [5, 5.41) is -0.393. The number of esters is 1. The lowest BCUT2D eigenvalue weighted by Gasteiger charge is -2.11. The van der Waals surface area contributed by atoms with Gasteiger partial charge in [0.2, 0.25) is 0 Å². The van der Waals surface area contributed by atoms with Crippen molar-refractivity contribution in [2.75, 3.05) is 0 Å². The SMILES string of the molecule is CC([S])C(=O)OC1CCCC1. The molecule has 0 heterocycles. The average Bonchev–Trinajstić information content (AvgIpc) is 2.39. The highest BCUT2D eigenvalue weighted by atomic mass is 32.1. The first-order chi connectivity index (χ1) is 5.20. The van der Waals surface area contributed by atoms with Gasteiger partial charge >= 0.3 is 5.97 Å². The van der Waals surface area contributed by atoms with Gasteiger partial charge in [0.05, 0.1) is 0 Å². The molecule has 1 atom stereocenters. The number of carbonyl (C=O) groups excluding carboxylic acids is 1. The minimum absolute atomic E-state index is 0.160. The molecule has 0 spiro atoms. The second-order valence-electron chi connectivity index (χ2n) is 2.99. The number of rotatable bonds is 2. The van der Waals surface area contributed by atoms with E-state index in [0.717, 1.165) is 12.8 Å². The Balaban J connectivity index is 2.24. The molecule has 1 aliphatic rings. The molecule has 1 rings (SSSR count). The zero-order valence-corrected chi connectivity index (χ0v) is 7.52. The molecule has 0 N–H and O–H groups in total. The summed E-state index contributed by atoms with van der Waals surface area (Å²) in [6, 6.07) is 0. The quantitative estimate of drug-likeness (QED) is 0.597. The second-order valence-corrected chi connectivity index (χ2v) is 3.69. The number of hydrogen-bond acceptors (Lipinski definition) is 2. The molecule has 3 heteroatoms. The van der Waals surface area contributed by atoms with Crippen molar-refractivity contribution in [3.05, 3.63) is 0 Å². The van der Waals surface area contributed by atoms with Gasteiger partial charge in [-0.05, 0) is 32.6 Å². The first kappa shape index (κ1) is 8.91. The molecule has 0 aromatic rings. The van der Waals surface area contributed by atoms with E-state index in [1.54, 1.807) is 6.92 Å². The van der Waals surface area contributed by atoms with Crippen LogP contribution in [0.15, 0.2) is 0 Å². The van der Waals surface area contributed by atoms with Gasteiger partial charge in [0, 0.05) is 0 Å². The summed E-state index contributed by atoms with van der Waals surface area (Å²) in [6.07, 6.45) is 4.57. The van der Waals surface area contributed by atoms with E-state index in [1.165, 1.54) is 12.8 Å². The molecule has 1 aliphatic carbocycles. The summed E-state index contributed by atoms with van der Waals surface area (Å²) in [4.78, 5) is 11.0. The van der Waals surface area contributed by atoms with Crippen molar-refractivity contribution in [2.45, 2.75) is 44.0 Å². The van der Waals surface area contributed by atoms with E-state index in [0.29, 0.717) is 0 Å². The normalized spacial score (nSPS) is 21.6. The van der Waals surface area contributed by atoms with Gasteiger partial charge in [-0.25, -0.2) is 0 Å². The molecule has 1 unspecified atom stereocenters. The van der Waals surface area contributed by atoms with Gasteiger partial charge in [0.1, 0.15) is 11.4 Å². The molecule has 0 aromatic heterocycles. The third-order valence-corrected chi connectivity index (χ3v) is 2.11. The smallest absolute Gasteiger partial charge is 0.319 e. The van der Waals surface area contributed by atoms with Crippen LogP contribution in [0.5, 0.6) is 0 Å². The summed E-state index contributed by atoms with van der Waals surface area (Å²) in [5.74, 6) is -0.230. The zero-order chi connectivity index (χ0) is 8.27. The second kappa shape index (κ2) is 4.00. The molecule has 1 radical (unpaired) electrons. The van der Waals surface area contributed by atoms with Gasteiger partial charge in [-0.2, -0.15) is 0 Å². The van der Waals surface area contributed by atoms with Crippen LogP contribution in [-0.4, -0.2) is 17.3 Å². The van der Waals surface area contributed by atoms with Crippen molar-refractivity contribution >= 4 is 18.6 Å². The summed E-state index contributed by atoms with van der Waals surface area (Å²) in [6.45, 7) is 1.69. The van der Waals surface area contributed by atoms with Gasteiger partial charge in [-0.3, -0.25) is 4.79 Å². The highest BCUT2D eigenvalue weighted by Crippen LogP contribution is 2.21. The highest BCUT2D eigenvalue weighted by molar-refractivity contribution is 7.81. The predicted octanol–water partition coefficient (Wildman–Crippen LogP) is 2.06. The maximum absolute atomic E-state index is 11.0. The Bertz CT molecular complexity index is 139. The van der Waals surface area contributed by atoms with Crippen molar-refractivity contribution in [3.8, 4) is 0 Å². The highest BCUT2D eigenvalue weighted by Gasteiger charge is 2.20. The molecule has 2 nitrogen and oxygen atoms in total. The fraction of sp³-hybridized carbons (Fsp3) is 0.875. The van der Waals surface area contributed by atoms with Gasteiger partial charge in [0.15, 0.2) is 0 Å². The van der Waals surface area contributed by atoms with Crippen LogP contribution in [-0.2, 0) is 9.53 Å². The molecule has 63 valence electrons. The third-order valence-electron chi connectivity index (χ3n) is 1.92. The van der Waals surface area contributed by atoms with Crippen LogP contribution in [0.1, 0.15) is 32.6 Å². The van der Waals surface area contributed by atoms with E-state index in [4.69, 9.17) is 17.4 Å². The first-order valence-electron chi connectivity index (χ1n) is 4.06. The molecule has 0 saturated heterocycles. The predicted molar refractivity (Wildman–Crippen MR) is 45.4 cm³/mol. The van der Waals surface area contributed by atoms with Crippen LogP contribution in [0.3, 0.4) is 0 Å². The maximum Gasteiger partial charge on any atom is 0.319 e. The van der Waals surface area contributed by atoms with E-state index in [9.17, 15) is 4.79 Å². The molecular formula is C8H13O2S. The maximum atomic E-state index is 11.0. The minimum atomic E-state index is -0.393. The Morgan fingerprint density at radius 1 is 1.55 bits per heavy atom. The summed E-state index contributed by atoms with van der Waals surface area (Å²) in [5.41, 5.74) is 0. The lowest BCUT2D eigenvalue weighted by Crippen LogP contribution is -2.20. The van der Waals surface area contributed by atoms with Crippen molar-refractivity contribution < 1.29 is 9.53 Å². The van der Waals surface area contributed by atoms with Crippen LogP contribution >= 0.6 is 12.6 Å². The average molecular weight is 173 g/mol. The number of hydrogen-bond donors (Lipinski definition) is 0. The van der Waals surface area contributed by atoms with Crippen LogP contribution in [0.4, 0.5) is 0 Å². The van der Waals surface area contributed by atoms with Crippen LogP contribution in [0, 0.1) is 0 Å². The van der Waals surface area contributed by atoms with Gasteiger partial charge in [-0.15, -0.1) is 0 Å². The van der Waals surface area contributed by atoms with Crippen LogP contribution < -0.4 is 0 Å². The summed E-state index contributed by atoms with van der Waals surface area (Å²) >= 11 is 4.76. The van der Waals surface area contributed by atoms with E-state index < -0.39 is 5.25 Å². The van der Waals surface area contributed by atoms with E-state index in [-0.39, 0.29) is 12.1 Å². The monoisotopic (exact) mass is 173 g/mol. The van der Waals surface area contributed by atoms with E-state index >= 15 is 0 Å². The Hall–Kier alpha value is -0.180. The Labute approximate surface area is 72.7 Å². The van der Waals surface area contributed by atoms with Gasteiger partial charge in [-0.1, -0.05) is 12.6 Å². The topological polar surface area (TPSA) is 26.3 Å². The third kappa shape index (κ3) is 2.73. The molecule has 0 bridgehead atoms. The molecular weight excluding hydrogens is 160 g/mol. The summed E-state index contributed by atoms with van der Waals surface area (Å²) in [7, 11) is 0. The lowest BCUT2D eigenvalue weighted by atomic mass is 10.3. The van der Waals surface area contributed by atoms with E-state index in [1.807, 2.05) is 0 Å². The zero-order valence-electron chi connectivity index (χ0n) is 6.71. The number of ether oxygens (including phenoxy) is 1. The van der Waals surface area contributed by atoms with Gasteiger partial charge < -0.3 is 4.74 Å². The fourth-order valence-corrected chi connectivity index (χ4v) is 1.32. The Kier molecular flexibility index (Phi) is 3.24. The number of carbonyl (C=O) groups is 1. The van der Waals surface area contributed by atoms with E-state index in [2.05, 4.69) is 0 Å². The molecule has 0 aromatic carbocycles. The molecule has 0 amide bonds. The molecule has 0 aliphatic heterocycles. The van der Waals surface area contributed by atoms with Crippen LogP contribution in [0.25, 0.3) is 0 Å². The Morgan fingerprint density at radius 3 is 2.55 bits per heavy atom. The standard InChI is InChI=1S/C8H13O2S/c1-6(11)8(9)10-7-4-2-3-5-7/h6-7H,2-5H2,1H3. The Morgan fingerprint density at radius 2 is 2.09 bits per heavy atom. The van der Waals surface area contributed by atoms with Gasteiger partial charge in [0.25, 0.3) is 0 Å². The lowest BCUT2D eigenvalue weighted by molar-refractivity contribution is -0.147. The largest absolute Gasteiger partial charge is 0.462 e. The first-order valence-corrected chi connectivity index (χ1v) is 4.53. The molecule has 1 saturated carbocycles. The summed E-state index contributed by atoms with van der Waals surface area (Å²) < 4.78 is 5.13. The van der Waals surface area contributed by atoms with Crippen molar-refractivity contribution in [3.63, 3.8) is 0 Å². The van der Waals surface area contributed by atoms with Crippen molar-refractivity contribution in [1.29, 1.82) is 0 Å². The fourth-order valence-electron chi connectivity index (χ4n) is 1.27. The molecule has 11 heavy (non-hydrogen) atoms. The molecule has 1 fully saturated rings. The van der Waals surface area contributed by atoms with Crippen molar-refractivity contribution in [2.24, 2.45) is 0 Å². The van der Waals surface area contributed by atoms with Crippen molar-refractivity contribution in [1.82, 2.24) is 0 Å².